The maximum atomic E-state index is 12.4. The van der Waals surface area contributed by atoms with Crippen LogP contribution in [0.15, 0.2) is 61.2 Å². The van der Waals surface area contributed by atoms with Crippen molar-refractivity contribution in [2.45, 2.75) is 77.6 Å². The predicted octanol–water partition coefficient (Wildman–Crippen LogP) is 7.70. The van der Waals surface area contributed by atoms with Crippen LogP contribution in [0.2, 0.25) is 0 Å². The van der Waals surface area contributed by atoms with E-state index < -0.39 is 5.97 Å². The van der Waals surface area contributed by atoms with E-state index in [0.29, 0.717) is 31.1 Å². The second kappa shape index (κ2) is 18.9. The Morgan fingerprint density at radius 2 is 1.11 bits per heavy atom. The molecule has 0 spiro atoms. The van der Waals surface area contributed by atoms with Gasteiger partial charge in [0, 0.05) is 6.08 Å². The van der Waals surface area contributed by atoms with Crippen molar-refractivity contribution in [3.05, 3.63) is 66.7 Å². The van der Waals surface area contributed by atoms with E-state index in [9.17, 15) is 9.59 Å². The molecule has 0 fully saturated rings. The maximum Gasteiger partial charge on any atom is 0.343 e. The molecule has 202 valence electrons. The zero-order valence-corrected chi connectivity index (χ0v) is 22.3. The van der Waals surface area contributed by atoms with E-state index >= 15 is 0 Å². The minimum Gasteiger partial charge on any atom is -0.494 e. The molecule has 0 aromatic heterocycles. The van der Waals surface area contributed by atoms with Crippen LogP contribution in [0.25, 0.3) is 0 Å². The quantitative estimate of drug-likeness (QED) is 0.0786. The summed E-state index contributed by atoms with van der Waals surface area (Å²) in [6, 6.07) is 14.2. The number of unbranched alkanes of at least 4 members (excludes halogenated alkanes) is 9. The molecule has 0 radical (unpaired) electrons. The monoisotopic (exact) mass is 510 g/mol. The van der Waals surface area contributed by atoms with Crippen LogP contribution in [-0.4, -0.2) is 31.8 Å². The molecule has 6 nitrogen and oxygen atoms in total. The molecule has 0 amide bonds. The third-order valence-electron chi connectivity index (χ3n) is 5.86. The summed E-state index contributed by atoms with van der Waals surface area (Å²) in [7, 11) is 0. The van der Waals surface area contributed by atoms with Gasteiger partial charge in [-0.3, -0.25) is 0 Å². The number of carbonyl (C=O) groups is 2. The van der Waals surface area contributed by atoms with Gasteiger partial charge in [0.05, 0.1) is 25.4 Å². The van der Waals surface area contributed by atoms with Crippen LogP contribution in [-0.2, 0) is 9.53 Å². The Hall–Kier alpha value is -3.28. The van der Waals surface area contributed by atoms with Crippen LogP contribution in [0, 0.1) is 0 Å². The molecule has 0 aliphatic heterocycles. The van der Waals surface area contributed by atoms with Crippen LogP contribution in [0.5, 0.6) is 17.2 Å². The van der Waals surface area contributed by atoms with E-state index in [2.05, 4.69) is 13.5 Å². The van der Waals surface area contributed by atoms with Gasteiger partial charge in [-0.1, -0.05) is 64.9 Å². The van der Waals surface area contributed by atoms with Gasteiger partial charge in [0.1, 0.15) is 17.2 Å². The minimum absolute atomic E-state index is 0.340. The van der Waals surface area contributed by atoms with E-state index in [-0.39, 0.29) is 5.97 Å². The van der Waals surface area contributed by atoms with E-state index in [4.69, 9.17) is 18.9 Å². The third-order valence-corrected chi connectivity index (χ3v) is 5.86. The van der Waals surface area contributed by atoms with E-state index in [1.807, 2.05) is 12.1 Å². The van der Waals surface area contributed by atoms with Crippen molar-refractivity contribution < 1.29 is 28.5 Å². The number of esters is 2. The molecule has 2 aromatic rings. The van der Waals surface area contributed by atoms with Crippen LogP contribution in [0.3, 0.4) is 0 Å². The van der Waals surface area contributed by atoms with Crippen molar-refractivity contribution in [3.63, 3.8) is 0 Å². The standard InChI is InChI=1S/C31H42O6/c1-3-5-23-34-28-19-21-29(22-20-28)37-31(33)26-15-17-27(18-16-26)35-24-13-11-9-7-6-8-10-12-14-25-36-30(32)4-2/h4,15-22H,2-3,5-14,23-25H2,1H3. The molecule has 2 rings (SSSR count). The molecule has 0 atom stereocenters. The first-order chi connectivity index (χ1) is 18.1. The Bertz CT molecular complexity index is 904. The van der Waals surface area contributed by atoms with Crippen LogP contribution >= 0.6 is 0 Å². The zero-order chi connectivity index (χ0) is 26.6. The average Bonchev–Trinajstić information content (AvgIpc) is 2.92. The van der Waals surface area contributed by atoms with Crippen molar-refractivity contribution in [2.75, 3.05) is 19.8 Å². The number of hydrogen-bond acceptors (Lipinski definition) is 6. The Kier molecular flexibility index (Phi) is 15.3. The molecule has 0 heterocycles. The third kappa shape index (κ3) is 13.6. The summed E-state index contributed by atoms with van der Waals surface area (Å²) < 4.78 is 21.9. The Morgan fingerprint density at radius 1 is 0.649 bits per heavy atom. The largest absolute Gasteiger partial charge is 0.494 e. The molecule has 0 saturated heterocycles. The SMILES string of the molecule is C=CC(=O)OCCCCCCCCCCCOc1ccc(C(=O)Oc2ccc(OCCCC)cc2)cc1. The molecule has 0 saturated carbocycles. The highest BCUT2D eigenvalue weighted by molar-refractivity contribution is 5.91. The van der Waals surface area contributed by atoms with Gasteiger partial charge >= 0.3 is 11.9 Å². The fourth-order valence-corrected chi connectivity index (χ4v) is 3.65. The van der Waals surface area contributed by atoms with Gasteiger partial charge in [-0.2, -0.15) is 0 Å². The van der Waals surface area contributed by atoms with E-state index in [1.54, 1.807) is 36.4 Å². The first kappa shape index (κ1) is 29.9. The van der Waals surface area contributed by atoms with Crippen LogP contribution < -0.4 is 14.2 Å². The number of hydrogen-bond donors (Lipinski definition) is 0. The smallest absolute Gasteiger partial charge is 0.343 e. The number of carbonyl (C=O) groups excluding carboxylic acids is 2. The first-order valence-corrected chi connectivity index (χ1v) is 13.6. The van der Waals surface area contributed by atoms with Crippen LogP contribution in [0.4, 0.5) is 0 Å². The zero-order valence-electron chi connectivity index (χ0n) is 22.3. The summed E-state index contributed by atoms with van der Waals surface area (Å²) in [5, 5.41) is 0. The van der Waals surface area contributed by atoms with Gasteiger partial charge in [-0.25, -0.2) is 9.59 Å². The molecule has 37 heavy (non-hydrogen) atoms. The van der Waals surface area contributed by atoms with Crippen molar-refractivity contribution in [2.24, 2.45) is 0 Å². The number of benzene rings is 2. The molecule has 0 aliphatic carbocycles. The second-order valence-corrected chi connectivity index (χ2v) is 8.99. The Morgan fingerprint density at radius 3 is 1.65 bits per heavy atom. The molecule has 2 aromatic carbocycles. The van der Waals surface area contributed by atoms with Crippen molar-refractivity contribution in [1.29, 1.82) is 0 Å². The van der Waals surface area contributed by atoms with Gasteiger partial charge in [0.15, 0.2) is 0 Å². The van der Waals surface area contributed by atoms with E-state index in [0.717, 1.165) is 50.0 Å². The summed E-state index contributed by atoms with van der Waals surface area (Å²) >= 11 is 0. The number of rotatable bonds is 20. The highest BCUT2D eigenvalue weighted by atomic mass is 16.5. The molecule has 0 N–H and O–H groups in total. The fraction of sp³-hybridized carbons (Fsp3) is 0.484. The van der Waals surface area contributed by atoms with Gasteiger partial charge in [0.25, 0.3) is 0 Å². The molecular formula is C31H42O6. The highest BCUT2D eigenvalue weighted by Gasteiger charge is 2.09. The number of ether oxygens (including phenoxy) is 4. The lowest BCUT2D eigenvalue weighted by Gasteiger charge is -2.09. The molecule has 0 unspecified atom stereocenters. The Labute approximate surface area is 222 Å². The average molecular weight is 511 g/mol. The summed E-state index contributed by atoms with van der Waals surface area (Å²) in [6.07, 6.45) is 13.5. The summed E-state index contributed by atoms with van der Waals surface area (Å²) in [6.45, 7) is 7.34. The van der Waals surface area contributed by atoms with Gasteiger partial charge in [-0.15, -0.1) is 0 Å². The lowest BCUT2D eigenvalue weighted by atomic mass is 10.1. The molecule has 0 aliphatic rings. The fourth-order valence-electron chi connectivity index (χ4n) is 3.65. The maximum absolute atomic E-state index is 12.4. The van der Waals surface area contributed by atoms with Crippen molar-refractivity contribution in [1.82, 2.24) is 0 Å². The van der Waals surface area contributed by atoms with Crippen molar-refractivity contribution in [3.8, 4) is 17.2 Å². The van der Waals surface area contributed by atoms with Crippen LogP contribution in [0.1, 0.15) is 87.9 Å². The second-order valence-electron chi connectivity index (χ2n) is 8.99. The van der Waals surface area contributed by atoms with Crippen molar-refractivity contribution >= 4 is 11.9 Å². The summed E-state index contributed by atoms with van der Waals surface area (Å²) in [5.41, 5.74) is 0.480. The topological polar surface area (TPSA) is 71.1 Å². The van der Waals surface area contributed by atoms with Gasteiger partial charge in [0.2, 0.25) is 0 Å². The van der Waals surface area contributed by atoms with Gasteiger partial charge in [-0.05, 0) is 67.8 Å². The Balaban J connectivity index is 1.51. The minimum atomic E-state index is -0.401. The van der Waals surface area contributed by atoms with E-state index in [1.165, 1.54) is 38.2 Å². The highest BCUT2D eigenvalue weighted by Crippen LogP contribution is 2.20. The predicted molar refractivity (Wildman–Crippen MR) is 146 cm³/mol. The molecular weight excluding hydrogens is 468 g/mol. The molecule has 6 heteroatoms. The first-order valence-electron chi connectivity index (χ1n) is 13.6. The normalized spacial score (nSPS) is 10.5. The lowest BCUT2D eigenvalue weighted by molar-refractivity contribution is -0.137. The lowest BCUT2D eigenvalue weighted by Crippen LogP contribution is -2.08. The molecule has 0 bridgehead atoms. The van der Waals surface area contributed by atoms with Gasteiger partial charge < -0.3 is 18.9 Å². The summed E-state index contributed by atoms with van der Waals surface area (Å²) in [5.74, 6) is 1.27. The summed E-state index contributed by atoms with van der Waals surface area (Å²) in [4.78, 5) is 23.3.